The molecule has 28 heavy (non-hydrogen) atoms. The summed E-state index contributed by atoms with van der Waals surface area (Å²) in [6.07, 6.45) is 7.86. The molecule has 0 bridgehead atoms. The quantitative estimate of drug-likeness (QED) is 0.628. The molecule has 0 aromatic carbocycles. The minimum absolute atomic E-state index is 0.000980. The summed E-state index contributed by atoms with van der Waals surface area (Å²) in [6.45, 7) is 1.99. The molecule has 2 aromatic heterocycles. The number of nitrogens with zero attached hydrogens (tertiary/aromatic N) is 4. The number of aliphatic hydroxyl groups excluding tert-OH is 1. The number of aliphatic imine (C=N–C) groups is 1. The number of rotatable bonds is 5. The second-order valence-electron chi connectivity index (χ2n) is 6.91. The van der Waals surface area contributed by atoms with Crippen molar-refractivity contribution in [3.05, 3.63) is 45.4 Å². The van der Waals surface area contributed by atoms with E-state index < -0.39 is 21.1 Å². The van der Waals surface area contributed by atoms with E-state index in [0.717, 1.165) is 37.8 Å². The Morgan fingerprint density at radius 3 is 2.93 bits per heavy atom. The number of thioether (sulfide) groups is 1. The third-order valence-electron chi connectivity index (χ3n) is 4.65. The van der Waals surface area contributed by atoms with Crippen molar-refractivity contribution < 1.29 is 9.84 Å². The standard InChI is InChI=1S/C20H22N4O2S.Sn/c1-14-10-18(24-20(23-14)26-17-6-4-3-5-7-17)15(2)27-13-22-19-11-16(12-25)8-9-21-19;/h2,8-11,17,25H,3-7,12H2,1H3;. The van der Waals surface area contributed by atoms with Gasteiger partial charge in [0.15, 0.2) is 0 Å². The van der Waals surface area contributed by atoms with E-state index in [1.165, 1.54) is 19.3 Å². The first kappa shape index (κ1) is 19.8. The van der Waals surface area contributed by atoms with Crippen molar-refractivity contribution in [3.8, 4) is 6.01 Å². The van der Waals surface area contributed by atoms with E-state index in [0.29, 0.717) is 11.8 Å². The zero-order valence-corrected chi connectivity index (χ0v) is 19.4. The molecule has 0 spiro atoms. The van der Waals surface area contributed by atoms with Crippen molar-refractivity contribution in [2.45, 2.75) is 51.7 Å². The van der Waals surface area contributed by atoms with Gasteiger partial charge in [0.05, 0.1) is 0 Å². The molecule has 0 amide bonds. The minimum atomic E-state index is -0.900. The first-order valence-electron chi connectivity index (χ1n) is 9.51. The molecular weight excluding hydrogens is 479 g/mol. The number of aliphatic hydroxyl groups is 1. The number of pyridine rings is 1. The molecule has 4 rings (SSSR count). The van der Waals surface area contributed by atoms with Crippen molar-refractivity contribution in [1.29, 1.82) is 0 Å². The normalized spacial score (nSPS) is 19.1. The summed E-state index contributed by atoms with van der Waals surface area (Å²) in [6, 6.07) is 6.14. The predicted octanol–water partition coefficient (Wildman–Crippen LogP) is 3.82. The Kier molecular flexibility index (Phi) is 6.64. The van der Waals surface area contributed by atoms with Crippen LogP contribution in [-0.4, -0.2) is 50.4 Å². The SMILES string of the molecule is Cc1cc(C2=[CH][Sn][C](=Nc3cc(CO)ccn3)S2)nc(OC2CCCCC2)n1. The molecule has 3 heterocycles. The molecule has 1 fully saturated rings. The summed E-state index contributed by atoms with van der Waals surface area (Å²) in [5, 5.41) is 9.28. The fraction of sp³-hybridized carbons (Fsp3) is 0.400. The maximum absolute atomic E-state index is 9.28. The van der Waals surface area contributed by atoms with Crippen LogP contribution in [0, 0.1) is 6.92 Å². The predicted molar refractivity (Wildman–Crippen MR) is 113 cm³/mol. The van der Waals surface area contributed by atoms with Crippen molar-refractivity contribution >= 4 is 46.7 Å². The summed E-state index contributed by atoms with van der Waals surface area (Å²) in [7, 11) is 0. The van der Waals surface area contributed by atoms with Crippen molar-refractivity contribution in [2.24, 2.45) is 4.99 Å². The van der Waals surface area contributed by atoms with Crippen LogP contribution in [0.25, 0.3) is 4.91 Å². The monoisotopic (exact) mass is 502 g/mol. The zero-order valence-electron chi connectivity index (χ0n) is 15.8. The van der Waals surface area contributed by atoms with E-state index in [4.69, 9.17) is 4.74 Å². The van der Waals surface area contributed by atoms with Crippen molar-refractivity contribution in [3.63, 3.8) is 0 Å². The number of aromatic nitrogens is 3. The molecular formula is C20H22N4O2SSn. The van der Waals surface area contributed by atoms with Crippen LogP contribution in [0.1, 0.15) is 49.1 Å². The summed E-state index contributed by atoms with van der Waals surface area (Å²) in [5.74, 6) is 0.657. The third-order valence-corrected chi connectivity index (χ3v) is 10.0. The molecule has 1 aliphatic heterocycles. The van der Waals surface area contributed by atoms with Gasteiger partial charge in [0.25, 0.3) is 0 Å². The first-order chi connectivity index (χ1) is 13.7. The third kappa shape index (κ3) is 5.12. The summed E-state index contributed by atoms with van der Waals surface area (Å²) in [4.78, 5) is 19.3. The topological polar surface area (TPSA) is 80.5 Å². The number of aryl methyl sites for hydroxylation is 1. The summed E-state index contributed by atoms with van der Waals surface area (Å²) >= 11 is 0.774. The Morgan fingerprint density at radius 2 is 2.11 bits per heavy atom. The van der Waals surface area contributed by atoms with E-state index in [1.807, 2.05) is 19.1 Å². The molecule has 1 N–H and O–H groups in total. The van der Waals surface area contributed by atoms with Gasteiger partial charge in [0.2, 0.25) is 0 Å². The van der Waals surface area contributed by atoms with E-state index >= 15 is 0 Å². The molecule has 6 nitrogen and oxygen atoms in total. The molecule has 0 saturated heterocycles. The molecule has 0 unspecified atom stereocenters. The molecule has 0 atom stereocenters. The van der Waals surface area contributed by atoms with Gasteiger partial charge in [-0.05, 0) is 0 Å². The van der Waals surface area contributed by atoms with Crippen LogP contribution in [0.4, 0.5) is 5.82 Å². The average Bonchev–Trinajstić information content (AvgIpc) is 3.17. The van der Waals surface area contributed by atoms with Crippen LogP contribution < -0.4 is 4.74 Å². The number of ether oxygens (including phenoxy) is 1. The molecule has 1 aliphatic carbocycles. The Bertz CT molecular complexity index is 913. The van der Waals surface area contributed by atoms with Gasteiger partial charge in [0, 0.05) is 0 Å². The first-order valence-corrected chi connectivity index (χ1v) is 13.4. The van der Waals surface area contributed by atoms with Crippen LogP contribution in [0.3, 0.4) is 0 Å². The second kappa shape index (κ2) is 9.36. The van der Waals surface area contributed by atoms with Crippen LogP contribution in [-0.2, 0) is 6.61 Å². The number of hydrogen-bond donors (Lipinski definition) is 1. The maximum atomic E-state index is 9.28. The number of hydrogen-bond acceptors (Lipinski definition) is 7. The summed E-state index contributed by atoms with van der Waals surface area (Å²) in [5.41, 5.74) is 2.67. The van der Waals surface area contributed by atoms with E-state index in [9.17, 15) is 5.11 Å². The van der Waals surface area contributed by atoms with Gasteiger partial charge in [0.1, 0.15) is 0 Å². The van der Waals surface area contributed by atoms with E-state index in [2.05, 4.69) is 24.0 Å². The van der Waals surface area contributed by atoms with Crippen LogP contribution >= 0.6 is 11.8 Å². The van der Waals surface area contributed by atoms with Gasteiger partial charge < -0.3 is 0 Å². The molecule has 2 aromatic rings. The van der Waals surface area contributed by atoms with Gasteiger partial charge in [-0.15, -0.1) is 0 Å². The Morgan fingerprint density at radius 1 is 1.25 bits per heavy atom. The van der Waals surface area contributed by atoms with Gasteiger partial charge in [-0.25, -0.2) is 0 Å². The molecule has 2 radical (unpaired) electrons. The molecule has 1 saturated carbocycles. The van der Waals surface area contributed by atoms with E-state index in [1.54, 1.807) is 24.0 Å². The molecule has 8 heteroatoms. The van der Waals surface area contributed by atoms with Crippen LogP contribution in [0.5, 0.6) is 6.01 Å². The molecule has 144 valence electrons. The van der Waals surface area contributed by atoms with Gasteiger partial charge >= 0.3 is 180 Å². The Balaban J connectivity index is 1.47. The van der Waals surface area contributed by atoms with Crippen LogP contribution in [0.2, 0.25) is 0 Å². The van der Waals surface area contributed by atoms with Gasteiger partial charge in [-0.1, -0.05) is 0 Å². The van der Waals surface area contributed by atoms with Crippen LogP contribution in [0.15, 0.2) is 33.5 Å². The fourth-order valence-electron chi connectivity index (χ4n) is 3.25. The Hall–Kier alpha value is -1.45. The fourth-order valence-corrected chi connectivity index (χ4v) is 8.32. The van der Waals surface area contributed by atoms with Gasteiger partial charge in [-0.2, -0.15) is 0 Å². The zero-order chi connectivity index (χ0) is 19.3. The molecule has 2 aliphatic rings. The average molecular weight is 501 g/mol. The summed E-state index contributed by atoms with van der Waals surface area (Å²) < 4.78 is 9.51. The second-order valence-corrected chi connectivity index (χ2v) is 12.0. The van der Waals surface area contributed by atoms with Gasteiger partial charge in [-0.3, -0.25) is 0 Å². The van der Waals surface area contributed by atoms with E-state index in [-0.39, 0.29) is 12.7 Å². The Labute approximate surface area is 179 Å². The van der Waals surface area contributed by atoms with Crippen molar-refractivity contribution in [2.75, 3.05) is 0 Å². The van der Waals surface area contributed by atoms with Crippen molar-refractivity contribution in [1.82, 2.24) is 15.0 Å².